The maximum absolute atomic E-state index is 9.75. The summed E-state index contributed by atoms with van der Waals surface area (Å²) >= 11 is 5.94. The smallest absolute Gasteiger partial charge is 0.125 e. The molecule has 1 N–H and O–H groups in total. The molecule has 3 nitrogen and oxygen atoms in total. The number of hydrogen-bond donors (Lipinski definition) is 1. The van der Waals surface area contributed by atoms with Crippen LogP contribution < -0.4 is 9.47 Å². The second-order valence-corrected chi connectivity index (χ2v) is 5.24. The molecule has 2 aromatic rings. The highest BCUT2D eigenvalue weighted by Crippen LogP contribution is 2.28. The van der Waals surface area contributed by atoms with Crippen LogP contribution in [0.15, 0.2) is 42.5 Å². The predicted molar refractivity (Wildman–Crippen MR) is 84.3 cm³/mol. The Labute approximate surface area is 130 Å². The SMILES string of the molecule is COc1ccc(CCOc2ccc(Cl)cc2[C@H](C)O)cc1. The summed E-state index contributed by atoms with van der Waals surface area (Å²) in [5.41, 5.74) is 1.88. The lowest BCUT2D eigenvalue weighted by Gasteiger charge is -2.14. The molecule has 4 heteroatoms. The maximum atomic E-state index is 9.75. The third-order valence-electron chi connectivity index (χ3n) is 3.23. The minimum atomic E-state index is -0.611. The van der Waals surface area contributed by atoms with Gasteiger partial charge in [0.2, 0.25) is 0 Å². The van der Waals surface area contributed by atoms with Crippen molar-refractivity contribution in [2.24, 2.45) is 0 Å². The monoisotopic (exact) mass is 306 g/mol. The molecular weight excluding hydrogens is 288 g/mol. The Morgan fingerprint density at radius 2 is 1.86 bits per heavy atom. The number of methoxy groups -OCH3 is 1. The van der Waals surface area contributed by atoms with Crippen LogP contribution in [0.4, 0.5) is 0 Å². The van der Waals surface area contributed by atoms with E-state index in [0.29, 0.717) is 22.9 Å². The van der Waals surface area contributed by atoms with Gasteiger partial charge in [0.25, 0.3) is 0 Å². The van der Waals surface area contributed by atoms with E-state index in [2.05, 4.69) is 0 Å². The summed E-state index contributed by atoms with van der Waals surface area (Å²) in [5, 5.41) is 10.3. The van der Waals surface area contributed by atoms with E-state index < -0.39 is 6.10 Å². The third-order valence-corrected chi connectivity index (χ3v) is 3.46. The van der Waals surface area contributed by atoms with E-state index in [0.717, 1.165) is 12.2 Å². The maximum Gasteiger partial charge on any atom is 0.125 e. The molecule has 2 rings (SSSR count). The van der Waals surface area contributed by atoms with Crippen LogP contribution in [-0.2, 0) is 6.42 Å². The molecular formula is C17H19ClO3. The summed E-state index contributed by atoms with van der Waals surface area (Å²) in [7, 11) is 1.65. The average molecular weight is 307 g/mol. The number of hydrogen-bond acceptors (Lipinski definition) is 3. The molecule has 0 unspecified atom stereocenters. The highest BCUT2D eigenvalue weighted by molar-refractivity contribution is 6.30. The molecule has 112 valence electrons. The van der Waals surface area contributed by atoms with Crippen LogP contribution in [0.3, 0.4) is 0 Å². The molecule has 0 bridgehead atoms. The molecule has 21 heavy (non-hydrogen) atoms. The van der Waals surface area contributed by atoms with Gasteiger partial charge >= 0.3 is 0 Å². The highest BCUT2D eigenvalue weighted by atomic mass is 35.5. The van der Waals surface area contributed by atoms with E-state index in [9.17, 15) is 5.11 Å². The minimum Gasteiger partial charge on any atom is -0.497 e. The van der Waals surface area contributed by atoms with Gasteiger partial charge in [-0.2, -0.15) is 0 Å². The van der Waals surface area contributed by atoms with Crippen molar-refractivity contribution < 1.29 is 14.6 Å². The molecule has 0 aliphatic heterocycles. The molecule has 1 atom stereocenters. The topological polar surface area (TPSA) is 38.7 Å². The Balaban J connectivity index is 1.96. The number of ether oxygens (including phenoxy) is 2. The summed E-state index contributed by atoms with van der Waals surface area (Å²) in [6, 6.07) is 13.2. The van der Waals surface area contributed by atoms with Gasteiger partial charge in [-0.05, 0) is 42.8 Å². The first kappa shape index (κ1) is 15.7. The van der Waals surface area contributed by atoms with E-state index >= 15 is 0 Å². The molecule has 0 aromatic heterocycles. The first-order valence-corrected chi connectivity index (χ1v) is 7.21. The van der Waals surface area contributed by atoms with Gasteiger partial charge in [0.1, 0.15) is 11.5 Å². The summed E-state index contributed by atoms with van der Waals surface area (Å²) in [5.74, 6) is 1.51. The lowest BCUT2D eigenvalue weighted by molar-refractivity contribution is 0.191. The average Bonchev–Trinajstić information content (AvgIpc) is 2.49. The van der Waals surface area contributed by atoms with E-state index in [-0.39, 0.29) is 0 Å². The summed E-state index contributed by atoms with van der Waals surface area (Å²) in [4.78, 5) is 0. The summed E-state index contributed by atoms with van der Waals surface area (Å²) in [6.45, 7) is 2.23. The number of halogens is 1. The quantitative estimate of drug-likeness (QED) is 0.876. The largest absolute Gasteiger partial charge is 0.497 e. The molecule has 2 aromatic carbocycles. The third kappa shape index (κ3) is 4.38. The van der Waals surface area contributed by atoms with Crippen molar-refractivity contribution in [3.8, 4) is 11.5 Å². The Bertz CT molecular complexity index is 579. The van der Waals surface area contributed by atoms with Gasteiger partial charge in [-0.15, -0.1) is 0 Å². The normalized spacial score (nSPS) is 12.0. The predicted octanol–water partition coefficient (Wildman–Crippen LogP) is 4.02. The van der Waals surface area contributed by atoms with E-state index in [1.807, 2.05) is 24.3 Å². The number of rotatable bonds is 6. The summed E-state index contributed by atoms with van der Waals surface area (Å²) in [6.07, 6.45) is 0.172. The molecule has 0 radical (unpaired) electrons. The van der Waals surface area contributed by atoms with Gasteiger partial charge in [0.15, 0.2) is 0 Å². The first-order valence-electron chi connectivity index (χ1n) is 6.83. The standard InChI is InChI=1S/C17H19ClO3/c1-12(19)16-11-14(18)5-8-17(16)21-10-9-13-3-6-15(20-2)7-4-13/h3-8,11-12,19H,9-10H2,1-2H3/t12-/m0/s1. The fourth-order valence-corrected chi connectivity index (χ4v) is 2.23. The van der Waals surface area contributed by atoms with Crippen LogP contribution in [0, 0.1) is 0 Å². The van der Waals surface area contributed by atoms with Crippen molar-refractivity contribution in [3.05, 3.63) is 58.6 Å². The minimum absolute atomic E-state index is 0.535. The molecule has 0 aliphatic rings. The van der Waals surface area contributed by atoms with Crippen molar-refractivity contribution >= 4 is 11.6 Å². The molecule has 0 aliphatic carbocycles. The Morgan fingerprint density at radius 3 is 2.48 bits per heavy atom. The van der Waals surface area contributed by atoms with Crippen LogP contribution in [0.2, 0.25) is 5.02 Å². The van der Waals surface area contributed by atoms with Gasteiger partial charge < -0.3 is 14.6 Å². The molecule has 0 saturated heterocycles. The van der Waals surface area contributed by atoms with Crippen molar-refractivity contribution in [1.29, 1.82) is 0 Å². The van der Waals surface area contributed by atoms with Gasteiger partial charge in [-0.25, -0.2) is 0 Å². The van der Waals surface area contributed by atoms with Crippen molar-refractivity contribution in [1.82, 2.24) is 0 Å². The number of aliphatic hydroxyl groups is 1. The second kappa shape index (κ2) is 7.34. The van der Waals surface area contributed by atoms with Gasteiger partial charge in [0.05, 0.1) is 19.8 Å². The van der Waals surface area contributed by atoms with Crippen LogP contribution >= 0.6 is 11.6 Å². The summed E-state index contributed by atoms with van der Waals surface area (Å²) < 4.78 is 10.9. The van der Waals surface area contributed by atoms with Gasteiger partial charge in [-0.3, -0.25) is 0 Å². The molecule has 0 saturated carbocycles. The Morgan fingerprint density at radius 1 is 1.14 bits per heavy atom. The fraction of sp³-hybridized carbons (Fsp3) is 0.294. The molecule has 0 heterocycles. The Kier molecular flexibility index (Phi) is 5.48. The lowest BCUT2D eigenvalue weighted by Crippen LogP contribution is -2.04. The number of aliphatic hydroxyl groups excluding tert-OH is 1. The van der Waals surface area contributed by atoms with Crippen LogP contribution in [-0.4, -0.2) is 18.8 Å². The lowest BCUT2D eigenvalue weighted by atomic mass is 10.1. The second-order valence-electron chi connectivity index (χ2n) is 4.80. The zero-order valence-electron chi connectivity index (χ0n) is 12.2. The molecule has 0 amide bonds. The zero-order chi connectivity index (χ0) is 15.2. The van der Waals surface area contributed by atoms with Crippen molar-refractivity contribution in [3.63, 3.8) is 0 Å². The Hall–Kier alpha value is -1.71. The van der Waals surface area contributed by atoms with Crippen LogP contribution in [0.5, 0.6) is 11.5 Å². The van der Waals surface area contributed by atoms with E-state index in [1.54, 1.807) is 32.2 Å². The highest BCUT2D eigenvalue weighted by Gasteiger charge is 2.10. The van der Waals surface area contributed by atoms with Gasteiger partial charge in [0, 0.05) is 17.0 Å². The fourth-order valence-electron chi connectivity index (χ4n) is 2.05. The van der Waals surface area contributed by atoms with Crippen LogP contribution in [0.25, 0.3) is 0 Å². The molecule has 0 fully saturated rings. The van der Waals surface area contributed by atoms with E-state index in [1.165, 1.54) is 5.56 Å². The van der Waals surface area contributed by atoms with Crippen molar-refractivity contribution in [2.45, 2.75) is 19.4 Å². The van der Waals surface area contributed by atoms with Gasteiger partial charge in [-0.1, -0.05) is 23.7 Å². The van der Waals surface area contributed by atoms with Crippen molar-refractivity contribution in [2.75, 3.05) is 13.7 Å². The first-order chi connectivity index (χ1) is 10.1. The zero-order valence-corrected chi connectivity index (χ0v) is 12.9. The van der Waals surface area contributed by atoms with Crippen LogP contribution in [0.1, 0.15) is 24.2 Å². The van der Waals surface area contributed by atoms with E-state index in [4.69, 9.17) is 21.1 Å². The number of benzene rings is 2. The molecule has 0 spiro atoms.